The number of rotatable bonds is 8. The summed E-state index contributed by atoms with van der Waals surface area (Å²) < 4.78 is 64.2. The highest BCUT2D eigenvalue weighted by Gasteiger charge is 2.24. The van der Waals surface area contributed by atoms with E-state index >= 15 is 4.39 Å². The summed E-state index contributed by atoms with van der Waals surface area (Å²) in [4.78, 5) is 3.71. The predicted octanol–water partition coefficient (Wildman–Crippen LogP) is 5.91. The molecule has 0 unspecified atom stereocenters. The van der Waals surface area contributed by atoms with Crippen molar-refractivity contribution in [3.05, 3.63) is 83.5 Å². The lowest BCUT2D eigenvalue weighted by Crippen LogP contribution is -2.40. The van der Waals surface area contributed by atoms with Crippen molar-refractivity contribution in [3.63, 3.8) is 0 Å². The summed E-state index contributed by atoms with van der Waals surface area (Å²) >= 11 is 5.84. The van der Waals surface area contributed by atoms with E-state index in [1.807, 2.05) is 31.2 Å². The number of hydrogen-bond acceptors (Lipinski definition) is 7. The van der Waals surface area contributed by atoms with E-state index in [1.54, 1.807) is 10.9 Å². The van der Waals surface area contributed by atoms with Crippen LogP contribution in [0.1, 0.15) is 6.92 Å². The number of nitrogen functional groups attached to an aromatic ring is 1. The molecule has 4 N–H and O–H groups in total. The van der Waals surface area contributed by atoms with E-state index < -0.39 is 26.6 Å². The minimum absolute atomic E-state index is 0.0212. The number of nitrogens with one attached hydrogen (secondary N) is 2. The molecule has 42 heavy (non-hydrogen) atoms. The van der Waals surface area contributed by atoms with E-state index in [1.165, 1.54) is 18.2 Å². The van der Waals surface area contributed by atoms with Crippen molar-refractivity contribution >= 4 is 49.7 Å². The van der Waals surface area contributed by atoms with Crippen LogP contribution in [0, 0.1) is 11.6 Å². The Labute approximate surface area is 245 Å². The number of fused-ring (bicyclic) bond motifs is 1. The topological polar surface area (TPSA) is 124 Å². The van der Waals surface area contributed by atoms with Gasteiger partial charge in [0.2, 0.25) is 0 Å². The molecule has 0 aliphatic carbocycles. The first-order chi connectivity index (χ1) is 20.1. The van der Waals surface area contributed by atoms with Crippen molar-refractivity contribution in [1.82, 2.24) is 14.8 Å². The smallest absolute Gasteiger partial charge is 0.264 e. The molecule has 0 saturated carbocycles. The summed E-state index contributed by atoms with van der Waals surface area (Å²) in [6, 6.07) is 15.2. The second-order valence-corrected chi connectivity index (χ2v) is 11.9. The number of nitrogens with two attached hydrogens (primary N) is 1. The van der Waals surface area contributed by atoms with Gasteiger partial charge in [0, 0.05) is 34.6 Å². The fourth-order valence-corrected chi connectivity index (χ4v) is 6.22. The van der Waals surface area contributed by atoms with Gasteiger partial charge in [-0.2, -0.15) is 5.10 Å². The lowest BCUT2D eigenvalue weighted by atomic mass is 10.0. The number of aryl methyl sites for hydroxylation is 1. The quantitative estimate of drug-likeness (QED) is 0.199. The van der Waals surface area contributed by atoms with Crippen LogP contribution >= 0.6 is 11.6 Å². The summed E-state index contributed by atoms with van der Waals surface area (Å²) in [5, 5.41) is 8.68. The molecule has 1 aliphatic rings. The van der Waals surface area contributed by atoms with Crippen LogP contribution in [0.5, 0.6) is 0 Å². The number of aromatic nitrogens is 3. The van der Waals surface area contributed by atoms with Crippen LogP contribution in [0.2, 0.25) is 5.02 Å². The number of hydrogen-bond donors (Lipinski definition) is 3. The van der Waals surface area contributed by atoms with Crippen molar-refractivity contribution < 1.29 is 21.9 Å². The van der Waals surface area contributed by atoms with Gasteiger partial charge in [-0.1, -0.05) is 29.8 Å². The molecule has 2 aromatic heterocycles. The fraction of sp³-hybridized carbons (Fsp3) is 0.172. The molecule has 1 fully saturated rings. The van der Waals surface area contributed by atoms with Crippen LogP contribution in [0.25, 0.3) is 33.3 Å². The number of sulfonamides is 1. The molecule has 9 nitrogen and oxygen atoms in total. The number of halogens is 3. The molecule has 216 valence electrons. The second-order valence-electron chi connectivity index (χ2n) is 9.78. The standard InChI is InChI=1S/C29H25ClF2N6O3S/c1-2-38-28-21(16-3-7-19(8-4-16)35-20-14-41-15-20)13-34-29(33)26(28)27(36-38)17-5-10-24(23(32)11-17)37-42(39,40)25-12-18(30)6-9-22(25)31/h3-13,20,35,37H,2,14-15H2,1H3,(H2,33,34). The van der Waals surface area contributed by atoms with Crippen molar-refractivity contribution in [1.29, 1.82) is 0 Å². The Balaban J connectivity index is 1.37. The molecule has 0 amide bonds. The van der Waals surface area contributed by atoms with Gasteiger partial charge < -0.3 is 15.8 Å². The molecule has 3 aromatic carbocycles. The normalized spacial score (nSPS) is 13.7. The Morgan fingerprint density at radius 1 is 1.05 bits per heavy atom. The minimum atomic E-state index is -4.46. The third-order valence-electron chi connectivity index (χ3n) is 6.97. The van der Waals surface area contributed by atoms with Crippen LogP contribution in [0.4, 0.5) is 26.0 Å². The lowest BCUT2D eigenvalue weighted by Gasteiger charge is -2.27. The second kappa shape index (κ2) is 10.9. The Kier molecular flexibility index (Phi) is 7.21. The first-order valence-corrected chi connectivity index (χ1v) is 14.9. The number of pyridine rings is 1. The SMILES string of the molecule is CCn1nc(-c2ccc(NS(=O)(=O)c3cc(Cl)ccc3F)c(F)c2)c2c(N)ncc(-c3ccc(NC4COC4)cc3)c21. The summed E-state index contributed by atoms with van der Waals surface area (Å²) in [6.45, 7) is 3.78. The van der Waals surface area contributed by atoms with E-state index in [4.69, 9.17) is 27.2 Å². The third kappa shape index (κ3) is 5.13. The zero-order valence-corrected chi connectivity index (χ0v) is 23.8. The Bertz CT molecular complexity index is 1930. The number of nitrogens with zero attached hydrogens (tertiary/aromatic N) is 3. The molecule has 1 saturated heterocycles. The molecule has 1 aliphatic heterocycles. The van der Waals surface area contributed by atoms with E-state index in [9.17, 15) is 12.8 Å². The van der Waals surface area contributed by atoms with Gasteiger partial charge in [0.1, 0.15) is 28.0 Å². The van der Waals surface area contributed by atoms with Crippen molar-refractivity contribution in [2.24, 2.45) is 0 Å². The Hall–Kier alpha value is -4.26. The van der Waals surface area contributed by atoms with Gasteiger partial charge >= 0.3 is 0 Å². The summed E-state index contributed by atoms with van der Waals surface area (Å²) in [7, 11) is -4.46. The largest absolute Gasteiger partial charge is 0.383 e. The maximum absolute atomic E-state index is 15.3. The Morgan fingerprint density at radius 2 is 1.79 bits per heavy atom. The van der Waals surface area contributed by atoms with Crippen molar-refractivity contribution in [2.75, 3.05) is 29.0 Å². The maximum atomic E-state index is 15.3. The number of benzene rings is 3. The molecule has 0 radical (unpaired) electrons. The van der Waals surface area contributed by atoms with E-state index in [0.29, 0.717) is 42.4 Å². The van der Waals surface area contributed by atoms with Gasteiger partial charge in [0.05, 0.1) is 35.8 Å². The van der Waals surface area contributed by atoms with Gasteiger partial charge in [0.25, 0.3) is 10.0 Å². The van der Waals surface area contributed by atoms with Gasteiger partial charge in [-0.25, -0.2) is 22.2 Å². The summed E-state index contributed by atoms with van der Waals surface area (Å²) in [5.74, 6) is -1.69. The highest BCUT2D eigenvalue weighted by Crippen LogP contribution is 2.38. The van der Waals surface area contributed by atoms with Crippen LogP contribution < -0.4 is 15.8 Å². The highest BCUT2D eigenvalue weighted by molar-refractivity contribution is 7.92. The van der Waals surface area contributed by atoms with Gasteiger partial charge in [-0.05, 0) is 55.0 Å². The molecular formula is C29H25ClF2N6O3S. The molecule has 3 heterocycles. The predicted molar refractivity (Wildman–Crippen MR) is 159 cm³/mol. The van der Waals surface area contributed by atoms with Crippen LogP contribution in [0.15, 0.2) is 71.8 Å². The van der Waals surface area contributed by atoms with E-state index in [0.717, 1.165) is 40.5 Å². The first-order valence-electron chi connectivity index (χ1n) is 13.0. The zero-order valence-electron chi connectivity index (χ0n) is 22.2. The zero-order chi connectivity index (χ0) is 29.6. The van der Waals surface area contributed by atoms with Crippen molar-refractivity contribution in [2.45, 2.75) is 24.4 Å². The number of anilines is 3. The molecular weight excluding hydrogens is 586 g/mol. The highest BCUT2D eigenvalue weighted by atomic mass is 35.5. The lowest BCUT2D eigenvalue weighted by molar-refractivity contribution is 0.0211. The van der Waals surface area contributed by atoms with Crippen molar-refractivity contribution in [3.8, 4) is 22.4 Å². The summed E-state index contributed by atoms with van der Waals surface area (Å²) in [6.07, 6.45) is 1.69. The first kappa shape index (κ1) is 27.9. The Morgan fingerprint density at radius 3 is 2.45 bits per heavy atom. The van der Waals surface area contributed by atoms with Gasteiger partial charge in [-0.15, -0.1) is 0 Å². The summed E-state index contributed by atoms with van der Waals surface area (Å²) in [5.41, 5.74) is 10.1. The average molecular weight is 611 g/mol. The fourth-order valence-electron chi connectivity index (χ4n) is 4.81. The molecule has 5 aromatic rings. The minimum Gasteiger partial charge on any atom is -0.383 e. The molecule has 0 bridgehead atoms. The third-order valence-corrected chi connectivity index (χ3v) is 8.59. The number of ether oxygens (including phenoxy) is 1. The molecule has 13 heteroatoms. The van der Waals surface area contributed by atoms with Crippen LogP contribution in [-0.2, 0) is 21.3 Å². The molecule has 0 atom stereocenters. The van der Waals surface area contributed by atoms with Crippen LogP contribution in [0.3, 0.4) is 0 Å². The van der Waals surface area contributed by atoms with E-state index in [-0.39, 0.29) is 16.5 Å². The van der Waals surface area contributed by atoms with Gasteiger partial charge in [-0.3, -0.25) is 9.40 Å². The van der Waals surface area contributed by atoms with Gasteiger partial charge in [0.15, 0.2) is 0 Å². The molecule has 0 spiro atoms. The van der Waals surface area contributed by atoms with E-state index in [2.05, 4.69) is 15.0 Å². The maximum Gasteiger partial charge on any atom is 0.264 e. The molecule has 6 rings (SSSR count). The average Bonchev–Trinajstić information content (AvgIpc) is 3.34. The monoisotopic (exact) mass is 610 g/mol. The van der Waals surface area contributed by atoms with Crippen LogP contribution in [-0.4, -0.2) is 42.4 Å².